The number of aryl methyl sites for hydroxylation is 3. The summed E-state index contributed by atoms with van der Waals surface area (Å²) in [7, 11) is -13.1. The van der Waals surface area contributed by atoms with E-state index in [4.69, 9.17) is 0 Å². The molecule has 3 aromatic rings. The molecule has 0 heterocycles. The van der Waals surface area contributed by atoms with Crippen molar-refractivity contribution in [1.82, 2.24) is 14.0 Å². The van der Waals surface area contributed by atoms with Crippen molar-refractivity contribution in [3.05, 3.63) is 89.5 Å². The summed E-state index contributed by atoms with van der Waals surface area (Å²) in [5.74, 6) is 0. The minimum absolute atomic E-state index is 0.0935. The fraction of sp³-hybridized carbons (Fsp3) is 0.217. The maximum Gasteiger partial charge on any atom is 0.258 e. The number of rotatable bonds is 9. The molecule has 12 heteroatoms. The average Bonchev–Trinajstić information content (AvgIpc) is 2.78. The van der Waals surface area contributed by atoms with Crippen molar-refractivity contribution < 1.29 is 25.3 Å². The summed E-state index contributed by atoms with van der Waals surface area (Å²) < 4.78 is 81.6. The first-order valence-corrected chi connectivity index (χ1v) is 14.9. The van der Waals surface area contributed by atoms with Crippen molar-refractivity contribution in [3.8, 4) is 0 Å². The van der Waals surface area contributed by atoms with Gasteiger partial charge >= 0.3 is 0 Å². The first-order valence-electron chi connectivity index (χ1n) is 10.5. The fourth-order valence-corrected chi connectivity index (χ4v) is 7.22. The SMILES string of the molecule is Cc1ccc(S(=O)(=O)NC(C)N(NS(=O)(=O)c2ccc(C)cc2)S(=O)(=O)c2ccc(C)cc2)cc1. The van der Waals surface area contributed by atoms with Crippen molar-refractivity contribution in [2.45, 2.75) is 48.5 Å². The van der Waals surface area contributed by atoms with Crippen molar-refractivity contribution >= 4 is 30.1 Å². The summed E-state index contributed by atoms with van der Waals surface area (Å²) in [4.78, 5) is 1.57. The lowest BCUT2D eigenvalue weighted by atomic mass is 10.2. The van der Waals surface area contributed by atoms with Crippen LogP contribution in [0.1, 0.15) is 23.6 Å². The van der Waals surface area contributed by atoms with E-state index >= 15 is 0 Å². The number of hydrazine groups is 1. The Labute approximate surface area is 206 Å². The van der Waals surface area contributed by atoms with E-state index in [9.17, 15) is 25.3 Å². The third kappa shape index (κ3) is 6.34. The van der Waals surface area contributed by atoms with Crippen LogP contribution >= 0.6 is 0 Å². The highest BCUT2D eigenvalue weighted by atomic mass is 32.2. The molecule has 188 valence electrons. The van der Waals surface area contributed by atoms with Gasteiger partial charge in [-0.25, -0.2) is 25.3 Å². The third-order valence-corrected chi connectivity index (χ3v) is 9.91. The molecule has 0 spiro atoms. The van der Waals surface area contributed by atoms with Gasteiger partial charge in [0.15, 0.2) is 0 Å². The van der Waals surface area contributed by atoms with Gasteiger partial charge in [-0.05, 0) is 64.1 Å². The van der Waals surface area contributed by atoms with Crippen LogP contribution in [0.4, 0.5) is 0 Å². The third-order valence-electron chi connectivity index (χ3n) is 5.13. The molecule has 0 aromatic heterocycles. The van der Waals surface area contributed by atoms with E-state index < -0.39 is 36.2 Å². The number of nitrogens with one attached hydrogen (secondary N) is 2. The largest absolute Gasteiger partial charge is 0.258 e. The molecule has 0 radical (unpaired) electrons. The molecule has 35 heavy (non-hydrogen) atoms. The molecule has 1 unspecified atom stereocenters. The standard InChI is InChI=1S/C23H27N3O6S3/c1-17-5-11-21(12-6-17)33(27,28)24-20(4)26(35(31,32)23-15-9-19(3)10-16-23)25-34(29,30)22-13-7-18(2)8-14-22/h5-16,20,24-25H,1-4H3. The van der Waals surface area contributed by atoms with Crippen LogP contribution in [0.3, 0.4) is 0 Å². The van der Waals surface area contributed by atoms with Gasteiger partial charge in [-0.3, -0.25) is 0 Å². The van der Waals surface area contributed by atoms with Crippen LogP contribution in [-0.4, -0.2) is 35.8 Å². The smallest absolute Gasteiger partial charge is 0.207 e. The van der Waals surface area contributed by atoms with Crippen LogP contribution in [0.2, 0.25) is 0 Å². The summed E-state index contributed by atoms with van der Waals surface area (Å²) in [6.45, 7) is 6.57. The Morgan fingerprint density at radius 2 is 0.914 bits per heavy atom. The van der Waals surface area contributed by atoms with Gasteiger partial charge in [-0.1, -0.05) is 53.1 Å². The summed E-state index contributed by atoms with van der Waals surface area (Å²) in [6.07, 6.45) is -1.52. The van der Waals surface area contributed by atoms with E-state index in [1.807, 2.05) is 0 Å². The second-order valence-electron chi connectivity index (χ2n) is 8.13. The normalized spacial score (nSPS) is 13.6. The molecule has 0 amide bonds. The number of benzene rings is 3. The molecular formula is C23H27N3O6S3. The van der Waals surface area contributed by atoms with E-state index in [1.54, 1.807) is 57.2 Å². The first kappa shape index (κ1) is 27.0. The van der Waals surface area contributed by atoms with E-state index in [2.05, 4.69) is 9.55 Å². The van der Waals surface area contributed by atoms with Crippen molar-refractivity contribution in [1.29, 1.82) is 0 Å². The second kappa shape index (κ2) is 10.2. The molecule has 9 nitrogen and oxygen atoms in total. The van der Waals surface area contributed by atoms with Crippen molar-refractivity contribution in [2.24, 2.45) is 0 Å². The molecule has 1 atom stereocenters. The fourth-order valence-electron chi connectivity index (χ4n) is 3.11. The van der Waals surface area contributed by atoms with Gasteiger partial charge < -0.3 is 0 Å². The number of hydrogen-bond donors (Lipinski definition) is 2. The van der Waals surface area contributed by atoms with E-state index in [0.717, 1.165) is 16.7 Å². The molecule has 0 saturated carbocycles. The molecule has 3 aromatic carbocycles. The Morgan fingerprint density at radius 1 is 0.571 bits per heavy atom. The zero-order valence-corrected chi connectivity index (χ0v) is 22.1. The number of sulfonamides is 3. The van der Waals surface area contributed by atoms with Gasteiger partial charge in [-0.15, -0.1) is 9.25 Å². The summed E-state index contributed by atoms with van der Waals surface area (Å²) in [5.41, 5.74) is 2.45. The van der Waals surface area contributed by atoms with Gasteiger partial charge in [0.25, 0.3) is 20.0 Å². The lowest BCUT2D eigenvalue weighted by Crippen LogP contribution is -2.56. The van der Waals surface area contributed by atoms with Gasteiger partial charge in [-0.2, -0.15) is 4.72 Å². The minimum Gasteiger partial charge on any atom is -0.207 e. The van der Waals surface area contributed by atoms with Crippen LogP contribution in [-0.2, 0) is 30.1 Å². The van der Waals surface area contributed by atoms with Crippen LogP contribution in [0, 0.1) is 20.8 Å². The van der Waals surface area contributed by atoms with Crippen LogP contribution in [0.5, 0.6) is 0 Å². The van der Waals surface area contributed by atoms with E-state index in [1.165, 1.54) is 43.3 Å². The van der Waals surface area contributed by atoms with E-state index in [0.29, 0.717) is 4.41 Å². The Hall–Kier alpha value is -2.61. The molecule has 0 bridgehead atoms. The maximum absolute atomic E-state index is 13.5. The zero-order chi connectivity index (χ0) is 26.0. The number of nitrogens with zero attached hydrogens (tertiary/aromatic N) is 1. The van der Waals surface area contributed by atoms with Gasteiger partial charge in [0.05, 0.1) is 14.7 Å². The lowest BCUT2D eigenvalue weighted by Gasteiger charge is -2.29. The molecule has 2 N–H and O–H groups in total. The van der Waals surface area contributed by atoms with Crippen molar-refractivity contribution in [2.75, 3.05) is 0 Å². The monoisotopic (exact) mass is 537 g/mol. The maximum atomic E-state index is 13.5. The molecule has 0 saturated heterocycles. The zero-order valence-electron chi connectivity index (χ0n) is 19.6. The lowest BCUT2D eigenvalue weighted by molar-refractivity contribution is 0.293. The molecule has 0 aliphatic rings. The molecule has 0 aliphatic carbocycles. The minimum atomic E-state index is -4.51. The topological polar surface area (TPSA) is 130 Å². The van der Waals surface area contributed by atoms with Crippen molar-refractivity contribution in [3.63, 3.8) is 0 Å². The molecular weight excluding hydrogens is 510 g/mol. The average molecular weight is 538 g/mol. The van der Waals surface area contributed by atoms with E-state index in [-0.39, 0.29) is 14.7 Å². The highest BCUT2D eigenvalue weighted by Crippen LogP contribution is 2.20. The Balaban J connectivity index is 2.04. The number of hydrogen-bond acceptors (Lipinski definition) is 6. The second-order valence-corrected chi connectivity index (χ2v) is 13.3. The Bertz CT molecular complexity index is 1500. The van der Waals surface area contributed by atoms with Gasteiger partial charge in [0.1, 0.15) is 6.17 Å². The molecule has 0 fully saturated rings. The predicted octanol–water partition coefficient (Wildman–Crippen LogP) is 2.82. The van der Waals surface area contributed by atoms with Crippen LogP contribution < -0.4 is 9.55 Å². The summed E-state index contributed by atoms with van der Waals surface area (Å²) in [6, 6.07) is 17.5. The predicted molar refractivity (Wildman–Crippen MR) is 133 cm³/mol. The van der Waals surface area contributed by atoms with Gasteiger partial charge in [0, 0.05) is 0 Å². The van der Waals surface area contributed by atoms with Gasteiger partial charge in [0.2, 0.25) is 10.0 Å². The molecule has 3 rings (SSSR count). The summed E-state index contributed by atoms with van der Waals surface area (Å²) in [5, 5.41) is 0. The highest BCUT2D eigenvalue weighted by Gasteiger charge is 2.35. The summed E-state index contributed by atoms with van der Waals surface area (Å²) >= 11 is 0. The first-order chi connectivity index (χ1) is 16.2. The Kier molecular flexibility index (Phi) is 7.84. The van der Waals surface area contributed by atoms with Crippen LogP contribution in [0.25, 0.3) is 0 Å². The highest BCUT2D eigenvalue weighted by molar-refractivity contribution is 7.92. The Morgan fingerprint density at radius 3 is 1.31 bits per heavy atom. The molecule has 0 aliphatic heterocycles. The quantitative estimate of drug-likeness (QED) is 0.319. The van der Waals surface area contributed by atoms with Crippen LogP contribution in [0.15, 0.2) is 87.5 Å².